The van der Waals surface area contributed by atoms with E-state index in [9.17, 15) is 9.59 Å². The second-order valence-corrected chi connectivity index (χ2v) is 8.92. The molecule has 9 heteroatoms. The van der Waals surface area contributed by atoms with E-state index in [1.807, 2.05) is 37.3 Å². The molecule has 6 nitrogen and oxygen atoms in total. The van der Waals surface area contributed by atoms with Crippen LogP contribution in [0.5, 0.6) is 0 Å². The fraction of sp³-hybridized carbons (Fsp3) is 0.412. The highest BCUT2D eigenvalue weighted by molar-refractivity contribution is 8.03. The van der Waals surface area contributed by atoms with Crippen molar-refractivity contribution in [2.24, 2.45) is 0 Å². The Balaban J connectivity index is 1.73. The third-order valence-corrected chi connectivity index (χ3v) is 6.47. The molecular formula is C17H22N4O2S3. The Morgan fingerprint density at radius 1 is 1.12 bits per heavy atom. The average molecular weight is 411 g/mol. The van der Waals surface area contributed by atoms with Crippen LogP contribution >= 0.6 is 34.9 Å². The SMILES string of the molecule is CCCNC(=O)CSc1nnc(SCC(=O)N(C)Cc2ccccc2)s1. The Hall–Kier alpha value is -1.58. The van der Waals surface area contributed by atoms with Crippen LogP contribution in [0.25, 0.3) is 0 Å². The van der Waals surface area contributed by atoms with Gasteiger partial charge in [-0.3, -0.25) is 9.59 Å². The lowest BCUT2D eigenvalue weighted by Gasteiger charge is -2.16. The quantitative estimate of drug-likeness (QED) is 0.607. The smallest absolute Gasteiger partial charge is 0.233 e. The van der Waals surface area contributed by atoms with E-state index in [1.165, 1.54) is 34.9 Å². The third kappa shape index (κ3) is 7.35. The molecular weight excluding hydrogens is 388 g/mol. The van der Waals surface area contributed by atoms with Gasteiger partial charge in [0.05, 0.1) is 11.5 Å². The topological polar surface area (TPSA) is 75.2 Å². The maximum Gasteiger partial charge on any atom is 0.233 e. The van der Waals surface area contributed by atoms with Crippen molar-refractivity contribution in [3.63, 3.8) is 0 Å². The Kier molecular flexibility index (Phi) is 8.93. The Bertz CT molecular complexity index is 709. The number of thioether (sulfide) groups is 2. The summed E-state index contributed by atoms with van der Waals surface area (Å²) in [6.45, 7) is 3.29. The number of benzene rings is 1. The van der Waals surface area contributed by atoms with Gasteiger partial charge in [-0.1, -0.05) is 72.1 Å². The Morgan fingerprint density at radius 3 is 2.42 bits per heavy atom. The lowest BCUT2D eigenvalue weighted by atomic mass is 10.2. The predicted octanol–water partition coefficient (Wildman–Crippen LogP) is 2.91. The summed E-state index contributed by atoms with van der Waals surface area (Å²) < 4.78 is 1.48. The third-order valence-electron chi connectivity index (χ3n) is 3.29. The van der Waals surface area contributed by atoms with E-state index in [2.05, 4.69) is 15.5 Å². The van der Waals surface area contributed by atoms with Gasteiger partial charge < -0.3 is 10.2 Å². The highest BCUT2D eigenvalue weighted by Crippen LogP contribution is 2.28. The van der Waals surface area contributed by atoms with E-state index in [0.717, 1.165) is 20.7 Å². The number of aromatic nitrogens is 2. The lowest BCUT2D eigenvalue weighted by molar-refractivity contribution is -0.127. The molecule has 2 rings (SSSR count). The van der Waals surface area contributed by atoms with Gasteiger partial charge in [0.2, 0.25) is 11.8 Å². The van der Waals surface area contributed by atoms with Crippen molar-refractivity contribution in [2.45, 2.75) is 28.6 Å². The summed E-state index contributed by atoms with van der Waals surface area (Å²) in [5, 5.41) is 11.0. The van der Waals surface area contributed by atoms with E-state index in [0.29, 0.717) is 24.6 Å². The zero-order chi connectivity index (χ0) is 18.8. The molecule has 0 aliphatic rings. The Morgan fingerprint density at radius 2 is 1.77 bits per heavy atom. The van der Waals surface area contributed by atoms with Gasteiger partial charge in [0, 0.05) is 20.1 Å². The maximum absolute atomic E-state index is 12.2. The minimum Gasteiger partial charge on any atom is -0.355 e. The van der Waals surface area contributed by atoms with E-state index in [4.69, 9.17) is 0 Å². The number of nitrogens with zero attached hydrogens (tertiary/aromatic N) is 3. The number of rotatable bonds is 10. The van der Waals surface area contributed by atoms with Crippen LogP contribution in [0.15, 0.2) is 39.0 Å². The fourth-order valence-corrected chi connectivity index (χ4v) is 4.73. The predicted molar refractivity (Wildman–Crippen MR) is 108 cm³/mol. The molecule has 0 radical (unpaired) electrons. The standard InChI is InChI=1S/C17H22N4O2S3/c1-3-9-18-14(22)11-24-16-19-20-17(26-16)25-12-15(23)21(2)10-13-7-5-4-6-8-13/h4-8H,3,9-12H2,1-2H3,(H,18,22). The molecule has 0 saturated heterocycles. The molecule has 0 spiro atoms. The first kappa shape index (κ1) is 20.7. The number of nitrogens with one attached hydrogen (secondary N) is 1. The van der Waals surface area contributed by atoms with Crippen LogP contribution in [0.3, 0.4) is 0 Å². The normalized spacial score (nSPS) is 10.5. The minimum atomic E-state index is -0.000956. The molecule has 1 N–H and O–H groups in total. The van der Waals surface area contributed by atoms with E-state index in [1.54, 1.807) is 11.9 Å². The van der Waals surface area contributed by atoms with E-state index < -0.39 is 0 Å². The summed E-state index contributed by atoms with van der Waals surface area (Å²) in [4.78, 5) is 25.5. The number of carbonyl (C=O) groups excluding carboxylic acids is 2. The Labute approximate surface area is 166 Å². The second kappa shape index (κ2) is 11.2. The minimum absolute atomic E-state index is 0.000956. The second-order valence-electron chi connectivity index (χ2n) is 5.50. The van der Waals surface area contributed by atoms with Crippen molar-refractivity contribution in [3.8, 4) is 0 Å². The molecule has 0 unspecified atom stereocenters. The van der Waals surface area contributed by atoms with Crippen molar-refractivity contribution in [3.05, 3.63) is 35.9 Å². The fourth-order valence-electron chi connectivity index (χ4n) is 1.94. The number of hydrogen-bond donors (Lipinski definition) is 1. The molecule has 2 aromatic rings. The molecule has 0 fully saturated rings. The summed E-state index contributed by atoms with van der Waals surface area (Å²) in [6.07, 6.45) is 0.919. The summed E-state index contributed by atoms with van der Waals surface area (Å²) in [7, 11) is 1.80. The van der Waals surface area contributed by atoms with Crippen LogP contribution < -0.4 is 5.32 Å². The molecule has 26 heavy (non-hydrogen) atoms. The van der Waals surface area contributed by atoms with Crippen LogP contribution in [0.4, 0.5) is 0 Å². The average Bonchev–Trinajstić information content (AvgIpc) is 3.11. The van der Waals surface area contributed by atoms with Gasteiger partial charge in [-0.2, -0.15) is 0 Å². The van der Waals surface area contributed by atoms with Gasteiger partial charge in [-0.05, 0) is 12.0 Å². The molecule has 0 saturated carbocycles. The van der Waals surface area contributed by atoms with Gasteiger partial charge in [0.25, 0.3) is 0 Å². The molecule has 0 aliphatic carbocycles. The highest BCUT2D eigenvalue weighted by atomic mass is 32.2. The molecule has 1 aromatic carbocycles. The van der Waals surface area contributed by atoms with E-state index in [-0.39, 0.29) is 11.8 Å². The summed E-state index contributed by atoms with van der Waals surface area (Å²) >= 11 is 4.15. The van der Waals surface area contributed by atoms with Crippen LogP contribution in [0.1, 0.15) is 18.9 Å². The number of amides is 2. The zero-order valence-corrected chi connectivity index (χ0v) is 17.3. The molecule has 140 valence electrons. The monoisotopic (exact) mass is 410 g/mol. The van der Waals surface area contributed by atoms with Crippen LogP contribution in [0.2, 0.25) is 0 Å². The van der Waals surface area contributed by atoms with Gasteiger partial charge in [0.15, 0.2) is 8.68 Å². The first-order chi connectivity index (χ1) is 12.6. The number of hydrogen-bond acceptors (Lipinski definition) is 7. The number of carbonyl (C=O) groups is 2. The molecule has 0 aliphatic heterocycles. The molecule has 0 bridgehead atoms. The first-order valence-electron chi connectivity index (χ1n) is 8.22. The van der Waals surface area contributed by atoms with E-state index >= 15 is 0 Å². The van der Waals surface area contributed by atoms with Crippen molar-refractivity contribution in [1.82, 2.24) is 20.4 Å². The molecule has 1 heterocycles. The van der Waals surface area contributed by atoms with Crippen LogP contribution in [-0.2, 0) is 16.1 Å². The molecule has 0 atom stereocenters. The largest absolute Gasteiger partial charge is 0.355 e. The van der Waals surface area contributed by atoms with Crippen molar-refractivity contribution < 1.29 is 9.59 Å². The molecule has 2 amide bonds. The molecule has 1 aromatic heterocycles. The van der Waals surface area contributed by atoms with Crippen LogP contribution in [0, 0.1) is 0 Å². The van der Waals surface area contributed by atoms with Gasteiger partial charge in [-0.15, -0.1) is 10.2 Å². The lowest BCUT2D eigenvalue weighted by Crippen LogP contribution is -2.27. The van der Waals surface area contributed by atoms with Gasteiger partial charge in [0.1, 0.15) is 0 Å². The maximum atomic E-state index is 12.2. The zero-order valence-electron chi connectivity index (χ0n) is 14.8. The van der Waals surface area contributed by atoms with Crippen molar-refractivity contribution in [1.29, 1.82) is 0 Å². The van der Waals surface area contributed by atoms with Crippen LogP contribution in [-0.4, -0.2) is 52.0 Å². The van der Waals surface area contributed by atoms with Gasteiger partial charge in [-0.25, -0.2) is 0 Å². The summed E-state index contributed by atoms with van der Waals surface area (Å²) in [5.41, 5.74) is 1.10. The van der Waals surface area contributed by atoms with Gasteiger partial charge >= 0.3 is 0 Å². The highest BCUT2D eigenvalue weighted by Gasteiger charge is 2.13. The summed E-state index contributed by atoms with van der Waals surface area (Å²) in [5.74, 6) is 0.693. The summed E-state index contributed by atoms with van der Waals surface area (Å²) in [6, 6.07) is 9.89. The van der Waals surface area contributed by atoms with Crippen molar-refractivity contribution >= 4 is 46.7 Å². The van der Waals surface area contributed by atoms with Crippen molar-refractivity contribution in [2.75, 3.05) is 25.1 Å². The first-order valence-corrected chi connectivity index (χ1v) is 11.0.